The molecule has 0 saturated heterocycles. The third-order valence-corrected chi connectivity index (χ3v) is 6.14. The van der Waals surface area contributed by atoms with Gasteiger partial charge in [0.1, 0.15) is 5.00 Å². The molecule has 0 aliphatic carbocycles. The van der Waals surface area contributed by atoms with Crippen LogP contribution >= 0.6 is 34.5 Å². The third-order valence-electron chi connectivity index (χ3n) is 4.45. The lowest BCUT2D eigenvalue weighted by Crippen LogP contribution is -2.16. The van der Waals surface area contributed by atoms with Gasteiger partial charge in [-0.15, -0.1) is 11.3 Å². The topological polar surface area (TPSA) is 84.5 Å². The highest BCUT2D eigenvalue weighted by Gasteiger charge is 2.26. The average molecular weight is 491 g/mol. The molecule has 2 amide bonds. The molecule has 0 aliphatic heterocycles. The van der Waals surface area contributed by atoms with E-state index in [4.69, 9.17) is 27.9 Å². The Hall–Kier alpha value is -2.87. The highest BCUT2D eigenvalue weighted by molar-refractivity contribution is 7.19. The fraction of sp³-hybridized carbons (Fsp3) is 0.174. The molecule has 3 rings (SSSR count). The summed E-state index contributed by atoms with van der Waals surface area (Å²) in [4.78, 5) is 38.4. The lowest BCUT2D eigenvalue weighted by Gasteiger charge is -2.07. The van der Waals surface area contributed by atoms with Gasteiger partial charge in [-0.05, 0) is 55.3 Å². The smallest absolute Gasteiger partial charge is 0.341 e. The van der Waals surface area contributed by atoms with E-state index in [1.54, 1.807) is 62.4 Å². The number of benzene rings is 2. The fourth-order valence-electron chi connectivity index (χ4n) is 2.98. The molecule has 6 nitrogen and oxygen atoms in total. The van der Waals surface area contributed by atoms with Crippen molar-refractivity contribution in [1.82, 2.24) is 0 Å². The molecule has 2 N–H and O–H groups in total. The summed E-state index contributed by atoms with van der Waals surface area (Å²) in [6.07, 6.45) is 0.0838. The van der Waals surface area contributed by atoms with Crippen LogP contribution in [-0.4, -0.2) is 24.4 Å². The van der Waals surface area contributed by atoms with Crippen molar-refractivity contribution >= 4 is 63.0 Å². The highest BCUT2D eigenvalue weighted by Crippen LogP contribution is 2.34. The number of carbonyl (C=O) groups is 3. The van der Waals surface area contributed by atoms with Crippen molar-refractivity contribution in [2.45, 2.75) is 20.3 Å². The second kappa shape index (κ2) is 10.6. The molecular weight excluding hydrogens is 471 g/mol. The molecule has 0 unspecified atom stereocenters. The molecule has 3 aromatic rings. The van der Waals surface area contributed by atoms with Crippen LogP contribution < -0.4 is 10.6 Å². The van der Waals surface area contributed by atoms with E-state index in [-0.39, 0.29) is 34.4 Å². The van der Waals surface area contributed by atoms with E-state index >= 15 is 0 Å². The number of halogens is 2. The predicted octanol–water partition coefficient (Wildman–Crippen LogP) is 5.97. The highest BCUT2D eigenvalue weighted by atomic mass is 35.5. The van der Waals surface area contributed by atoms with Gasteiger partial charge in [0, 0.05) is 15.7 Å². The third kappa shape index (κ3) is 5.88. The van der Waals surface area contributed by atoms with Crippen LogP contribution in [0.25, 0.3) is 0 Å². The number of thiophene rings is 1. The molecule has 0 bridgehead atoms. The number of anilines is 2. The van der Waals surface area contributed by atoms with Crippen molar-refractivity contribution in [2.24, 2.45) is 0 Å². The first-order chi connectivity index (χ1) is 15.3. The van der Waals surface area contributed by atoms with E-state index < -0.39 is 11.9 Å². The first-order valence-corrected chi connectivity index (χ1v) is 11.3. The van der Waals surface area contributed by atoms with Crippen molar-refractivity contribution in [1.29, 1.82) is 0 Å². The van der Waals surface area contributed by atoms with Crippen LogP contribution in [0.1, 0.15) is 38.1 Å². The van der Waals surface area contributed by atoms with Gasteiger partial charge in [0.2, 0.25) is 5.91 Å². The van der Waals surface area contributed by atoms with Crippen LogP contribution in [0.5, 0.6) is 0 Å². The van der Waals surface area contributed by atoms with Crippen LogP contribution in [0.15, 0.2) is 48.5 Å². The predicted molar refractivity (Wildman–Crippen MR) is 128 cm³/mol. The van der Waals surface area contributed by atoms with Crippen LogP contribution in [-0.2, 0) is 16.0 Å². The van der Waals surface area contributed by atoms with Gasteiger partial charge in [0.05, 0.1) is 23.5 Å². The number of hydrogen-bond acceptors (Lipinski definition) is 5. The normalized spacial score (nSPS) is 10.5. The van der Waals surface area contributed by atoms with Crippen LogP contribution in [0.3, 0.4) is 0 Å². The van der Waals surface area contributed by atoms with Crippen molar-refractivity contribution in [3.05, 3.63) is 80.1 Å². The van der Waals surface area contributed by atoms with E-state index in [1.165, 1.54) is 0 Å². The maximum Gasteiger partial charge on any atom is 0.341 e. The van der Waals surface area contributed by atoms with Gasteiger partial charge in [-0.2, -0.15) is 0 Å². The maximum atomic E-state index is 12.9. The van der Waals surface area contributed by atoms with Gasteiger partial charge in [-0.25, -0.2) is 4.79 Å². The van der Waals surface area contributed by atoms with E-state index in [0.29, 0.717) is 21.3 Å². The number of carbonyl (C=O) groups excluding carboxylic acids is 3. The Morgan fingerprint density at radius 3 is 2.38 bits per heavy atom. The standard InChI is InChI=1S/C23H20Cl2N2O4S/c1-3-31-23(30)19-13(2)20(21(29)26-17-6-4-5-16(25)12-17)32-22(19)27-18(28)11-14-7-9-15(24)10-8-14/h4-10,12H,3,11H2,1-2H3,(H,26,29)(H,27,28). The Balaban J connectivity index is 1.86. The summed E-state index contributed by atoms with van der Waals surface area (Å²) in [5.41, 5.74) is 1.87. The van der Waals surface area contributed by atoms with Crippen molar-refractivity contribution in [3.63, 3.8) is 0 Å². The van der Waals surface area contributed by atoms with Crippen LogP contribution in [0, 0.1) is 6.92 Å². The molecule has 0 spiro atoms. The van der Waals surface area contributed by atoms with E-state index in [1.807, 2.05) is 0 Å². The second-order valence-electron chi connectivity index (χ2n) is 6.80. The Labute approximate surface area is 199 Å². The summed E-state index contributed by atoms with van der Waals surface area (Å²) >= 11 is 12.9. The van der Waals surface area contributed by atoms with Gasteiger partial charge in [-0.3, -0.25) is 9.59 Å². The Morgan fingerprint density at radius 2 is 1.72 bits per heavy atom. The molecule has 1 heterocycles. The molecule has 2 aromatic carbocycles. The first-order valence-electron chi connectivity index (χ1n) is 9.70. The van der Waals surface area contributed by atoms with Gasteiger partial charge >= 0.3 is 5.97 Å². The summed E-state index contributed by atoms with van der Waals surface area (Å²) in [5, 5.41) is 6.82. The number of rotatable bonds is 7. The average Bonchev–Trinajstić information content (AvgIpc) is 3.05. The molecule has 32 heavy (non-hydrogen) atoms. The van der Waals surface area contributed by atoms with Crippen LogP contribution in [0.2, 0.25) is 10.0 Å². The number of esters is 1. The molecule has 166 valence electrons. The molecule has 0 saturated carbocycles. The largest absolute Gasteiger partial charge is 0.462 e. The van der Waals surface area contributed by atoms with Crippen molar-refractivity contribution < 1.29 is 19.1 Å². The van der Waals surface area contributed by atoms with E-state index in [9.17, 15) is 14.4 Å². The number of amides is 2. The number of nitrogens with one attached hydrogen (secondary N) is 2. The summed E-state index contributed by atoms with van der Waals surface area (Å²) in [6.45, 7) is 3.49. The Kier molecular flexibility index (Phi) is 7.90. The van der Waals surface area contributed by atoms with Gasteiger partial charge < -0.3 is 15.4 Å². The minimum atomic E-state index is -0.607. The van der Waals surface area contributed by atoms with Crippen LogP contribution in [0.4, 0.5) is 10.7 Å². The van der Waals surface area contributed by atoms with Crippen molar-refractivity contribution in [2.75, 3.05) is 17.2 Å². The summed E-state index contributed by atoms with van der Waals surface area (Å²) in [6, 6.07) is 13.6. The maximum absolute atomic E-state index is 12.9. The molecule has 0 radical (unpaired) electrons. The first kappa shape index (κ1) is 23.8. The number of ether oxygens (including phenoxy) is 1. The molecule has 0 aliphatic rings. The molecule has 9 heteroatoms. The summed E-state index contributed by atoms with van der Waals surface area (Å²) < 4.78 is 5.14. The summed E-state index contributed by atoms with van der Waals surface area (Å²) in [5.74, 6) is -1.36. The second-order valence-corrected chi connectivity index (χ2v) is 8.69. The minimum Gasteiger partial charge on any atom is -0.462 e. The zero-order valence-electron chi connectivity index (χ0n) is 17.3. The zero-order chi connectivity index (χ0) is 23.3. The van der Waals surface area contributed by atoms with Gasteiger partial charge in [0.15, 0.2) is 0 Å². The SMILES string of the molecule is CCOC(=O)c1c(NC(=O)Cc2ccc(Cl)cc2)sc(C(=O)Nc2cccc(Cl)c2)c1C. The van der Waals surface area contributed by atoms with E-state index in [2.05, 4.69) is 10.6 Å². The van der Waals surface area contributed by atoms with Gasteiger partial charge in [0.25, 0.3) is 5.91 Å². The quantitative estimate of drug-likeness (QED) is 0.399. The monoisotopic (exact) mass is 490 g/mol. The summed E-state index contributed by atoms with van der Waals surface area (Å²) in [7, 11) is 0. The molecule has 1 aromatic heterocycles. The number of hydrogen-bond donors (Lipinski definition) is 2. The molecular formula is C23H20Cl2N2O4S. The lowest BCUT2D eigenvalue weighted by atomic mass is 10.1. The molecule has 0 fully saturated rings. The lowest BCUT2D eigenvalue weighted by molar-refractivity contribution is -0.115. The Bertz CT molecular complexity index is 1160. The molecule has 0 atom stereocenters. The fourth-order valence-corrected chi connectivity index (χ4v) is 4.40. The van der Waals surface area contributed by atoms with Gasteiger partial charge in [-0.1, -0.05) is 41.4 Å². The van der Waals surface area contributed by atoms with E-state index in [0.717, 1.165) is 16.9 Å². The zero-order valence-corrected chi connectivity index (χ0v) is 19.7. The Morgan fingerprint density at radius 1 is 1.00 bits per heavy atom. The minimum absolute atomic E-state index is 0.0838. The van der Waals surface area contributed by atoms with Crippen molar-refractivity contribution in [3.8, 4) is 0 Å².